The van der Waals surface area contributed by atoms with E-state index in [-0.39, 0.29) is 12.5 Å². The van der Waals surface area contributed by atoms with E-state index >= 15 is 0 Å². The molecule has 0 spiro atoms. The average molecular weight is 222 g/mol. The number of aliphatic carboxylic acids is 1. The van der Waals surface area contributed by atoms with Gasteiger partial charge in [0, 0.05) is 6.42 Å². The van der Waals surface area contributed by atoms with Gasteiger partial charge in [-0.05, 0) is 25.3 Å². The molecule has 1 atom stereocenters. The van der Waals surface area contributed by atoms with Crippen molar-refractivity contribution < 1.29 is 14.6 Å². The van der Waals surface area contributed by atoms with Crippen LogP contribution in [0.5, 0.6) is 0 Å². The summed E-state index contributed by atoms with van der Waals surface area (Å²) >= 11 is 0. The molecular weight excluding hydrogens is 204 g/mol. The largest absolute Gasteiger partial charge is 0.481 e. The fourth-order valence-corrected chi connectivity index (χ4v) is 1.44. The van der Waals surface area contributed by atoms with Crippen molar-refractivity contribution in [3.63, 3.8) is 0 Å². The van der Waals surface area contributed by atoms with E-state index in [2.05, 4.69) is 0 Å². The zero-order valence-corrected chi connectivity index (χ0v) is 9.56. The average Bonchev–Trinajstić information content (AvgIpc) is 2.27. The molecule has 0 amide bonds. The maximum Gasteiger partial charge on any atom is 0.303 e. The molecule has 0 fully saturated rings. The van der Waals surface area contributed by atoms with Crippen molar-refractivity contribution in [3.05, 3.63) is 35.9 Å². The van der Waals surface area contributed by atoms with E-state index in [1.807, 2.05) is 37.3 Å². The van der Waals surface area contributed by atoms with Gasteiger partial charge in [-0.3, -0.25) is 4.79 Å². The predicted octanol–water partition coefficient (Wildman–Crippen LogP) is 2.85. The van der Waals surface area contributed by atoms with E-state index in [1.54, 1.807) is 0 Å². The van der Waals surface area contributed by atoms with Gasteiger partial charge in [0.2, 0.25) is 0 Å². The highest BCUT2D eigenvalue weighted by atomic mass is 16.5. The van der Waals surface area contributed by atoms with Crippen LogP contribution in [0, 0.1) is 0 Å². The Morgan fingerprint density at radius 1 is 1.38 bits per heavy atom. The molecule has 88 valence electrons. The van der Waals surface area contributed by atoms with Crippen LogP contribution >= 0.6 is 0 Å². The van der Waals surface area contributed by atoms with Crippen molar-refractivity contribution in [1.29, 1.82) is 0 Å². The van der Waals surface area contributed by atoms with E-state index in [9.17, 15) is 4.79 Å². The van der Waals surface area contributed by atoms with Crippen molar-refractivity contribution in [2.75, 3.05) is 0 Å². The number of rotatable bonds is 7. The quantitative estimate of drug-likeness (QED) is 0.771. The first-order valence-electron chi connectivity index (χ1n) is 5.56. The number of benzene rings is 1. The Morgan fingerprint density at radius 3 is 2.69 bits per heavy atom. The first kappa shape index (κ1) is 12.7. The molecule has 1 rings (SSSR count). The minimum Gasteiger partial charge on any atom is -0.481 e. The second kappa shape index (κ2) is 7.01. The fourth-order valence-electron chi connectivity index (χ4n) is 1.44. The van der Waals surface area contributed by atoms with Crippen LogP contribution in [0.25, 0.3) is 0 Å². The Hall–Kier alpha value is -1.35. The van der Waals surface area contributed by atoms with E-state index in [0.717, 1.165) is 12.0 Å². The number of carboxylic acid groups (broad SMARTS) is 1. The highest BCUT2D eigenvalue weighted by molar-refractivity contribution is 5.66. The summed E-state index contributed by atoms with van der Waals surface area (Å²) in [5.74, 6) is -0.741. The second-order valence-corrected chi connectivity index (χ2v) is 3.89. The number of hydrogen-bond donors (Lipinski definition) is 1. The maximum absolute atomic E-state index is 10.3. The first-order valence-corrected chi connectivity index (χ1v) is 5.56. The summed E-state index contributed by atoms with van der Waals surface area (Å²) in [4.78, 5) is 10.3. The van der Waals surface area contributed by atoms with Crippen molar-refractivity contribution in [1.82, 2.24) is 0 Å². The molecule has 0 saturated carbocycles. The van der Waals surface area contributed by atoms with Gasteiger partial charge in [0.25, 0.3) is 0 Å². The molecule has 0 saturated heterocycles. The van der Waals surface area contributed by atoms with Gasteiger partial charge in [-0.15, -0.1) is 0 Å². The molecule has 0 aromatic heterocycles. The summed E-state index contributed by atoms with van der Waals surface area (Å²) in [5, 5.41) is 8.49. The van der Waals surface area contributed by atoms with Gasteiger partial charge in [0.15, 0.2) is 0 Å². The Morgan fingerprint density at radius 2 is 2.06 bits per heavy atom. The number of ether oxygens (including phenoxy) is 1. The standard InChI is InChI=1S/C13H18O3/c1-11(6-5-9-13(14)15)16-10-12-7-3-2-4-8-12/h2-4,7-8,11H,5-6,9-10H2,1H3,(H,14,15). The van der Waals surface area contributed by atoms with Crippen molar-refractivity contribution in [2.24, 2.45) is 0 Å². The molecule has 0 aliphatic rings. The van der Waals surface area contributed by atoms with Gasteiger partial charge >= 0.3 is 5.97 Å². The van der Waals surface area contributed by atoms with Crippen LogP contribution in [0.3, 0.4) is 0 Å². The van der Waals surface area contributed by atoms with Crippen LogP contribution in [0.2, 0.25) is 0 Å². The van der Waals surface area contributed by atoms with Crippen molar-refractivity contribution >= 4 is 5.97 Å². The molecule has 0 aliphatic heterocycles. The molecule has 0 aliphatic carbocycles. The Bertz CT molecular complexity index is 308. The fraction of sp³-hybridized carbons (Fsp3) is 0.462. The van der Waals surface area contributed by atoms with Crippen LogP contribution in [0.15, 0.2) is 30.3 Å². The van der Waals surface area contributed by atoms with Gasteiger partial charge < -0.3 is 9.84 Å². The number of carbonyl (C=O) groups is 1. The minimum absolute atomic E-state index is 0.111. The van der Waals surface area contributed by atoms with Crippen molar-refractivity contribution in [2.45, 2.75) is 38.9 Å². The molecule has 3 nitrogen and oxygen atoms in total. The summed E-state index contributed by atoms with van der Waals surface area (Å²) < 4.78 is 5.62. The monoisotopic (exact) mass is 222 g/mol. The molecular formula is C13H18O3. The highest BCUT2D eigenvalue weighted by Crippen LogP contribution is 2.08. The van der Waals surface area contributed by atoms with Gasteiger partial charge in [-0.1, -0.05) is 30.3 Å². The Kier molecular flexibility index (Phi) is 5.57. The van der Waals surface area contributed by atoms with Gasteiger partial charge in [-0.25, -0.2) is 0 Å². The normalized spacial score (nSPS) is 12.3. The molecule has 0 radical (unpaired) electrons. The van der Waals surface area contributed by atoms with E-state index in [0.29, 0.717) is 13.0 Å². The van der Waals surface area contributed by atoms with Crippen LogP contribution in [-0.4, -0.2) is 17.2 Å². The number of hydrogen-bond acceptors (Lipinski definition) is 2. The van der Waals surface area contributed by atoms with E-state index in [4.69, 9.17) is 9.84 Å². The minimum atomic E-state index is -0.741. The van der Waals surface area contributed by atoms with Crippen LogP contribution in [-0.2, 0) is 16.1 Å². The van der Waals surface area contributed by atoms with E-state index < -0.39 is 5.97 Å². The lowest BCUT2D eigenvalue weighted by molar-refractivity contribution is -0.137. The van der Waals surface area contributed by atoms with Gasteiger partial charge in [-0.2, -0.15) is 0 Å². The first-order chi connectivity index (χ1) is 7.68. The molecule has 3 heteroatoms. The third-order valence-corrected chi connectivity index (χ3v) is 2.38. The third kappa shape index (κ3) is 5.51. The molecule has 1 aromatic carbocycles. The molecule has 1 unspecified atom stereocenters. The summed E-state index contributed by atoms with van der Waals surface area (Å²) in [5.41, 5.74) is 1.15. The summed E-state index contributed by atoms with van der Waals surface area (Å²) in [6.45, 7) is 2.57. The lowest BCUT2D eigenvalue weighted by Gasteiger charge is -2.12. The van der Waals surface area contributed by atoms with Crippen LogP contribution < -0.4 is 0 Å². The van der Waals surface area contributed by atoms with Crippen molar-refractivity contribution in [3.8, 4) is 0 Å². The molecule has 1 N–H and O–H groups in total. The molecule has 0 bridgehead atoms. The molecule has 0 heterocycles. The zero-order chi connectivity index (χ0) is 11.8. The summed E-state index contributed by atoms with van der Waals surface area (Å²) in [6, 6.07) is 9.97. The third-order valence-electron chi connectivity index (χ3n) is 2.38. The SMILES string of the molecule is CC(CCCC(=O)O)OCc1ccccc1. The Labute approximate surface area is 96.1 Å². The van der Waals surface area contributed by atoms with Crippen LogP contribution in [0.4, 0.5) is 0 Å². The Balaban J connectivity index is 2.15. The zero-order valence-electron chi connectivity index (χ0n) is 9.56. The maximum atomic E-state index is 10.3. The summed E-state index contributed by atoms with van der Waals surface area (Å²) in [6.07, 6.45) is 1.79. The van der Waals surface area contributed by atoms with E-state index in [1.165, 1.54) is 0 Å². The van der Waals surface area contributed by atoms with Gasteiger partial charge in [0.05, 0.1) is 12.7 Å². The topological polar surface area (TPSA) is 46.5 Å². The molecule has 16 heavy (non-hydrogen) atoms. The smallest absolute Gasteiger partial charge is 0.303 e. The lowest BCUT2D eigenvalue weighted by atomic mass is 10.1. The predicted molar refractivity (Wildman–Crippen MR) is 62.2 cm³/mol. The second-order valence-electron chi connectivity index (χ2n) is 3.89. The summed E-state index contributed by atoms with van der Waals surface area (Å²) in [7, 11) is 0. The molecule has 1 aromatic rings. The van der Waals surface area contributed by atoms with Gasteiger partial charge in [0.1, 0.15) is 0 Å². The van der Waals surface area contributed by atoms with Crippen LogP contribution in [0.1, 0.15) is 31.7 Å². The lowest BCUT2D eigenvalue weighted by Crippen LogP contribution is -2.09. The highest BCUT2D eigenvalue weighted by Gasteiger charge is 2.04. The number of carboxylic acids is 1.